The highest BCUT2D eigenvalue weighted by molar-refractivity contribution is 5.94. The van der Waals surface area contributed by atoms with Crippen LogP contribution in [0.5, 0.6) is 0 Å². The Hall–Kier alpha value is -1.69. The number of rotatable bonds is 4. The normalized spacial score (nSPS) is 22.5. The van der Waals surface area contributed by atoms with Gasteiger partial charge < -0.3 is 15.5 Å². The summed E-state index contributed by atoms with van der Waals surface area (Å²) in [4.78, 5) is 11.3. The van der Waals surface area contributed by atoms with Crippen molar-refractivity contribution in [1.29, 1.82) is 0 Å². The number of hydrogen-bond donors (Lipinski definition) is 3. The van der Waals surface area contributed by atoms with Crippen LogP contribution in [0.1, 0.15) is 40.9 Å². The largest absolute Gasteiger partial charge is 0.478 e. The molecule has 6 heteroatoms. The molecule has 0 spiro atoms. The SMILES string of the molecule is Cc1nnc(NCC2CCC(O)C2)c(C(=O)O)c1C. The number of aliphatic hydroxyl groups excluding tert-OH is 1. The van der Waals surface area contributed by atoms with Crippen LogP contribution in [-0.2, 0) is 0 Å². The Balaban J connectivity index is 2.12. The third kappa shape index (κ3) is 3.01. The van der Waals surface area contributed by atoms with Crippen LogP contribution < -0.4 is 5.32 Å². The maximum atomic E-state index is 11.3. The first kappa shape index (κ1) is 13.7. The minimum Gasteiger partial charge on any atom is -0.478 e. The Labute approximate surface area is 111 Å². The molecule has 1 aromatic heterocycles. The Morgan fingerprint density at radius 1 is 1.37 bits per heavy atom. The molecule has 6 nitrogen and oxygen atoms in total. The summed E-state index contributed by atoms with van der Waals surface area (Å²) in [5.41, 5.74) is 1.45. The molecule has 104 valence electrons. The van der Waals surface area contributed by atoms with Gasteiger partial charge in [0.2, 0.25) is 0 Å². The van der Waals surface area contributed by atoms with E-state index in [-0.39, 0.29) is 11.7 Å². The van der Waals surface area contributed by atoms with Gasteiger partial charge in [0.05, 0.1) is 11.8 Å². The molecule has 0 aliphatic heterocycles. The Kier molecular flexibility index (Phi) is 3.99. The summed E-state index contributed by atoms with van der Waals surface area (Å²) >= 11 is 0. The van der Waals surface area contributed by atoms with E-state index < -0.39 is 5.97 Å². The number of carboxylic acid groups (broad SMARTS) is 1. The highest BCUT2D eigenvalue weighted by atomic mass is 16.4. The molecule has 0 amide bonds. The van der Waals surface area contributed by atoms with Gasteiger partial charge >= 0.3 is 5.97 Å². The Morgan fingerprint density at radius 3 is 2.68 bits per heavy atom. The third-order valence-electron chi connectivity index (χ3n) is 3.74. The van der Waals surface area contributed by atoms with Crippen LogP contribution in [0.3, 0.4) is 0 Å². The summed E-state index contributed by atoms with van der Waals surface area (Å²) in [7, 11) is 0. The van der Waals surface area contributed by atoms with Crippen LogP contribution in [0.15, 0.2) is 0 Å². The summed E-state index contributed by atoms with van der Waals surface area (Å²) in [6, 6.07) is 0. The standard InChI is InChI=1S/C13H19N3O3/c1-7-8(2)15-16-12(11(7)13(18)19)14-6-9-3-4-10(17)5-9/h9-10,17H,3-6H2,1-2H3,(H,14,16)(H,18,19). The van der Waals surface area contributed by atoms with Crippen molar-refractivity contribution in [1.82, 2.24) is 10.2 Å². The number of carbonyl (C=O) groups is 1. The van der Waals surface area contributed by atoms with E-state index in [0.717, 1.165) is 19.3 Å². The predicted molar refractivity (Wildman–Crippen MR) is 70.3 cm³/mol. The van der Waals surface area contributed by atoms with Crippen molar-refractivity contribution in [2.24, 2.45) is 5.92 Å². The number of nitrogens with one attached hydrogen (secondary N) is 1. The van der Waals surface area contributed by atoms with E-state index in [0.29, 0.717) is 29.5 Å². The van der Waals surface area contributed by atoms with Crippen LogP contribution in [-0.4, -0.2) is 39.0 Å². The Morgan fingerprint density at radius 2 is 2.11 bits per heavy atom. The number of carboxylic acids is 1. The fraction of sp³-hybridized carbons (Fsp3) is 0.615. The number of nitrogens with zero attached hydrogens (tertiary/aromatic N) is 2. The zero-order valence-electron chi connectivity index (χ0n) is 11.2. The average Bonchev–Trinajstić information content (AvgIpc) is 2.76. The lowest BCUT2D eigenvalue weighted by Crippen LogP contribution is -2.18. The van der Waals surface area contributed by atoms with E-state index in [1.165, 1.54) is 0 Å². The second-order valence-corrected chi connectivity index (χ2v) is 5.15. The van der Waals surface area contributed by atoms with E-state index >= 15 is 0 Å². The van der Waals surface area contributed by atoms with Gasteiger partial charge in [0.15, 0.2) is 5.82 Å². The monoisotopic (exact) mass is 265 g/mol. The highest BCUT2D eigenvalue weighted by Crippen LogP contribution is 2.26. The fourth-order valence-electron chi connectivity index (χ4n) is 2.47. The minimum absolute atomic E-state index is 0.186. The zero-order valence-corrected chi connectivity index (χ0v) is 11.2. The summed E-state index contributed by atoms with van der Waals surface area (Å²) in [6.45, 7) is 4.10. The molecule has 0 aromatic carbocycles. The van der Waals surface area contributed by atoms with Crippen molar-refractivity contribution in [3.05, 3.63) is 16.8 Å². The minimum atomic E-state index is -0.996. The number of hydrogen-bond acceptors (Lipinski definition) is 5. The lowest BCUT2D eigenvalue weighted by Gasteiger charge is -2.14. The maximum absolute atomic E-state index is 11.3. The molecular formula is C13H19N3O3. The van der Waals surface area contributed by atoms with E-state index in [2.05, 4.69) is 15.5 Å². The van der Waals surface area contributed by atoms with Gasteiger partial charge in [-0.3, -0.25) is 0 Å². The van der Waals surface area contributed by atoms with Gasteiger partial charge in [-0.15, -0.1) is 5.10 Å². The second kappa shape index (κ2) is 5.52. The number of aliphatic hydroxyl groups is 1. The molecule has 0 saturated heterocycles. The van der Waals surface area contributed by atoms with Gasteiger partial charge in [-0.2, -0.15) is 5.10 Å². The number of anilines is 1. The number of aromatic nitrogens is 2. The first-order valence-corrected chi connectivity index (χ1v) is 6.48. The van der Waals surface area contributed by atoms with Crippen molar-refractivity contribution >= 4 is 11.8 Å². The van der Waals surface area contributed by atoms with Crippen LogP contribution in [0, 0.1) is 19.8 Å². The molecular weight excluding hydrogens is 246 g/mol. The lowest BCUT2D eigenvalue weighted by atomic mass is 10.1. The molecule has 0 bridgehead atoms. The first-order chi connectivity index (χ1) is 8.99. The summed E-state index contributed by atoms with van der Waals surface area (Å²) in [6.07, 6.45) is 2.30. The molecule has 1 heterocycles. The third-order valence-corrected chi connectivity index (χ3v) is 3.74. The molecule has 1 aromatic rings. The molecule has 0 radical (unpaired) electrons. The zero-order chi connectivity index (χ0) is 14.0. The number of aromatic carboxylic acids is 1. The molecule has 3 N–H and O–H groups in total. The lowest BCUT2D eigenvalue weighted by molar-refractivity contribution is 0.0696. The first-order valence-electron chi connectivity index (χ1n) is 6.48. The van der Waals surface area contributed by atoms with E-state index in [1.807, 2.05) is 0 Å². The van der Waals surface area contributed by atoms with Gasteiger partial charge in [-0.1, -0.05) is 0 Å². The molecule has 1 saturated carbocycles. The van der Waals surface area contributed by atoms with E-state index in [1.54, 1.807) is 13.8 Å². The summed E-state index contributed by atoms with van der Waals surface area (Å²) in [5.74, 6) is -0.318. The van der Waals surface area contributed by atoms with E-state index in [9.17, 15) is 15.0 Å². The Bertz CT molecular complexity index is 490. The van der Waals surface area contributed by atoms with Crippen molar-refractivity contribution < 1.29 is 15.0 Å². The van der Waals surface area contributed by atoms with Gasteiger partial charge in [0, 0.05) is 6.54 Å². The highest BCUT2D eigenvalue weighted by Gasteiger charge is 2.24. The van der Waals surface area contributed by atoms with Crippen molar-refractivity contribution in [2.75, 3.05) is 11.9 Å². The van der Waals surface area contributed by atoms with Gasteiger partial charge in [-0.05, 0) is 44.6 Å². The van der Waals surface area contributed by atoms with Gasteiger partial charge in [-0.25, -0.2) is 4.79 Å². The topological polar surface area (TPSA) is 95.3 Å². The molecule has 1 aliphatic rings. The predicted octanol–water partition coefficient (Wildman–Crippen LogP) is 1.36. The maximum Gasteiger partial charge on any atom is 0.339 e. The van der Waals surface area contributed by atoms with E-state index in [4.69, 9.17) is 0 Å². The van der Waals surface area contributed by atoms with Gasteiger partial charge in [0.1, 0.15) is 5.56 Å². The quantitative estimate of drug-likeness (QED) is 0.761. The van der Waals surface area contributed by atoms with Crippen LogP contribution in [0.4, 0.5) is 5.82 Å². The van der Waals surface area contributed by atoms with Crippen molar-refractivity contribution in [3.8, 4) is 0 Å². The fourth-order valence-corrected chi connectivity index (χ4v) is 2.47. The van der Waals surface area contributed by atoms with Crippen LogP contribution in [0.25, 0.3) is 0 Å². The molecule has 2 rings (SSSR count). The molecule has 1 aliphatic carbocycles. The number of aryl methyl sites for hydroxylation is 1. The summed E-state index contributed by atoms with van der Waals surface area (Å²) in [5, 5.41) is 29.7. The second-order valence-electron chi connectivity index (χ2n) is 5.15. The molecule has 19 heavy (non-hydrogen) atoms. The average molecular weight is 265 g/mol. The molecule has 2 atom stereocenters. The van der Waals surface area contributed by atoms with Gasteiger partial charge in [0.25, 0.3) is 0 Å². The van der Waals surface area contributed by atoms with Crippen LogP contribution >= 0.6 is 0 Å². The molecule has 2 unspecified atom stereocenters. The smallest absolute Gasteiger partial charge is 0.339 e. The molecule has 1 fully saturated rings. The van der Waals surface area contributed by atoms with Crippen LogP contribution in [0.2, 0.25) is 0 Å². The summed E-state index contributed by atoms with van der Waals surface area (Å²) < 4.78 is 0. The van der Waals surface area contributed by atoms with Crippen molar-refractivity contribution in [3.63, 3.8) is 0 Å². The van der Waals surface area contributed by atoms with Crippen molar-refractivity contribution in [2.45, 2.75) is 39.2 Å².